The van der Waals surface area contributed by atoms with Crippen molar-refractivity contribution in [1.29, 1.82) is 0 Å². The van der Waals surface area contributed by atoms with E-state index in [9.17, 15) is 0 Å². The fourth-order valence-corrected chi connectivity index (χ4v) is 1.09. The van der Waals surface area contributed by atoms with E-state index in [4.69, 9.17) is 0 Å². The summed E-state index contributed by atoms with van der Waals surface area (Å²) in [6.07, 6.45) is 22.0. The van der Waals surface area contributed by atoms with E-state index < -0.39 is 0 Å². The van der Waals surface area contributed by atoms with Crippen LogP contribution in [0.3, 0.4) is 0 Å². The van der Waals surface area contributed by atoms with Crippen LogP contribution in [0.1, 0.15) is 25.7 Å². The zero-order valence-corrected chi connectivity index (χ0v) is 7.45. The van der Waals surface area contributed by atoms with Gasteiger partial charge in [-0.1, -0.05) is 48.6 Å². The maximum absolute atomic E-state index is 2.25. The van der Waals surface area contributed by atoms with Gasteiger partial charge >= 0.3 is 0 Å². The van der Waals surface area contributed by atoms with Crippen LogP contribution in [0.2, 0.25) is 0 Å². The summed E-state index contributed by atoms with van der Waals surface area (Å²) < 4.78 is 0. The molecule has 0 radical (unpaired) electrons. The highest BCUT2D eigenvalue weighted by molar-refractivity contribution is 5.07. The summed E-state index contributed by atoms with van der Waals surface area (Å²) in [6, 6.07) is 0. The first-order chi connectivity index (χ1) is 6.00. The summed E-state index contributed by atoms with van der Waals surface area (Å²) >= 11 is 0. The molecule has 0 saturated carbocycles. The van der Waals surface area contributed by atoms with Crippen LogP contribution >= 0.6 is 0 Å². The van der Waals surface area contributed by atoms with Gasteiger partial charge in [0.25, 0.3) is 0 Å². The van der Waals surface area contributed by atoms with Crippen molar-refractivity contribution in [1.82, 2.24) is 0 Å². The van der Waals surface area contributed by atoms with Crippen molar-refractivity contribution >= 4 is 0 Å². The van der Waals surface area contributed by atoms with Gasteiger partial charge in [-0.2, -0.15) is 0 Å². The molecule has 0 N–H and O–H groups in total. The number of hydrogen-bond acceptors (Lipinski definition) is 0. The quantitative estimate of drug-likeness (QED) is 0.473. The molecule has 0 heterocycles. The summed E-state index contributed by atoms with van der Waals surface area (Å²) in [5.41, 5.74) is 0. The third-order valence-corrected chi connectivity index (χ3v) is 1.76. The SMILES string of the molecule is C1=CC/C=C\CC/C=C\CC=C1. The van der Waals surface area contributed by atoms with Gasteiger partial charge in [-0.15, -0.1) is 0 Å². The average molecular weight is 160 g/mol. The molecule has 1 aliphatic rings. The van der Waals surface area contributed by atoms with Crippen molar-refractivity contribution in [3.63, 3.8) is 0 Å². The van der Waals surface area contributed by atoms with Crippen molar-refractivity contribution in [2.24, 2.45) is 0 Å². The van der Waals surface area contributed by atoms with E-state index in [-0.39, 0.29) is 0 Å². The number of rotatable bonds is 0. The first-order valence-corrected chi connectivity index (χ1v) is 4.62. The molecule has 64 valence electrons. The van der Waals surface area contributed by atoms with Gasteiger partial charge in [-0.25, -0.2) is 0 Å². The van der Waals surface area contributed by atoms with Gasteiger partial charge in [-0.05, 0) is 25.7 Å². The van der Waals surface area contributed by atoms with Gasteiger partial charge in [0.2, 0.25) is 0 Å². The molecular formula is C12H16. The Bertz CT molecular complexity index is 180. The molecule has 0 nitrogen and oxygen atoms in total. The van der Waals surface area contributed by atoms with Gasteiger partial charge in [0, 0.05) is 0 Å². The van der Waals surface area contributed by atoms with E-state index in [1.165, 1.54) is 12.8 Å². The molecule has 0 bridgehead atoms. The second-order valence-electron chi connectivity index (χ2n) is 2.85. The first-order valence-electron chi connectivity index (χ1n) is 4.62. The van der Waals surface area contributed by atoms with Crippen LogP contribution in [0, 0.1) is 0 Å². The van der Waals surface area contributed by atoms with E-state index in [1.807, 2.05) is 0 Å². The fourth-order valence-electron chi connectivity index (χ4n) is 1.09. The number of allylic oxidation sites excluding steroid dienone is 8. The predicted molar refractivity (Wildman–Crippen MR) is 55.0 cm³/mol. The second-order valence-corrected chi connectivity index (χ2v) is 2.85. The van der Waals surface area contributed by atoms with Gasteiger partial charge in [0.15, 0.2) is 0 Å². The summed E-state index contributed by atoms with van der Waals surface area (Å²) in [5.74, 6) is 0. The standard InChI is InChI=1S/C12H16/c1-2-4-6-8-10-12-11-9-7-5-3-1/h1-4,7-10H,5-6,11-12H2/b3-1?,4-2?,9-7-,10-8-. The Morgan fingerprint density at radius 1 is 0.500 bits per heavy atom. The van der Waals surface area contributed by atoms with Crippen LogP contribution < -0.4 is 0 Å². The van der Waals surface area contributed by atoms with Gasteiger partial charge in [0.1, 0.15) is 0 Å². The monoisotopic (exact) mass is 160 g/mol. The average Bonchev–Trinajstić information content (AvgIpc) is 2.05. The molecule has 0 amide bonds. The molecule has 1 rings (SSSR count). The van der Waals surface area contributed by atoms with Crippen molar-refractivity contribution < 1.29 is 0 Å². The summed E-state index contributed by atoms with van der Waals surface area (Å²) in [7, 11) is 0. The Hall–Kier alpha value is -1.04. The summed E-state index contributed by atoms with van der Waals surface area (Å²) in [5, 5.41) is 0. The lowest BCUT2D eigenvalue weighted by Crippen LogP contribution is -1.67. The molecule has 0 aromatic carbocycles. The Balaban J connectivity index is 2.41. The Morgan fingerprint density at radius 3 is 1.50 bits per heavy atom. The zero-order chi connectivity index (χ0) is 8.49. The molecule has 0 heteroatoms. The third-order valence-electron chi connectivity index (χ3n) is 1.76. The van der Waals surface area contributed by atoms with Crippen LogP contribution in [-0.2, 0) is 0 Å². The second kappa shape index (κ2) is 6.66. The Kier molecular flexibility index (Phi) is 5.02. The highest BCUT2D eigenvalue weighted by Gasteiger charge is 1.77. The molecule has 0 aromatic rings. The molecule has 1 aliphatic carbocycles. The zero-order valence-electron chi connectivity index (χ0n) is 7.45. The topological polar surface area (TPSA) is 0 Å². The van der Waals surface area contributed by atoms with Crippen LogP contribution in [0.4, 0.5) is 0 Å². The lowest BCUT2D eigenvalue weighted by atomic mass is 10.2. The molecule has 0 spiro atoms. The normalized spacial score (nSPS) is 24.0. The van der Waals surface area contributed by atoms with E-state index in [1.54, 1.807) is 0 Å². The van der Waals surface area contributed by atoms with Gasteiger partial charge in [0.05, 0.1) is 0 Å². The minimum atomic E-state index is 1.06. The molecular weight excluding hydrogens is 144 g/mol. The minimum Gasteiger partial charge on any atom is -0.0879 e. The molecule has 0 aromatic heterocycles. The van der Waals surface area contributed by atoms with Gasteiger partial charge < -0.3 is 0 Å². The van der Waals surface area contributed by atoms with E-state index in [0.29, 0.717) is 0 Å². The Labute approximate surface area is 75.0 Å². The molecule has 0 fully saturated rings. The number of hydrogen-bond donors (Lipinski definition) is 0. The van der Waals surface area contributed by atoms with Crippen molar-refractivity contribution in [2.45, 2.75) is 25.7 Å². The van der Waals surface area contributed by atoms with Crippen molar-refractivity contribution in [3.05, 3.63) is 48.6 Å². The minimum absolute atomic E-state index is 1.06. The molecule has 12 heavy (non-hydrogen) atoms. The van der Waals surface area contributed by atoms with E-state index in [0.717, 1.165) is 12.8 Å². The highest BCUT2D eigenvalue weighted by Crippen LogP contribution is 1.98. The molecule has 0 unspecified atom stereocenters. The van der Waals surface area contributed by atoms with E-state index in [2.05, 4.69) is 48.6 Å². The lowest BCUT2D eigenvalue weighted by molar-refractivity contribution is 1.04. The van der Waals surface area contributed by atoms with Crippen LogP contribution in [-0.4, -0.2) is 0 Å². The maximum Gasteiger partial charge on any atom is -0.0166 e. The van der Waals surface area contributed by atoms with Crippen LogP contribution in [0.25, 0.3) is 0 Å². The smallest absolute Gasteiger partial charge is 0.0166 e. The van der Waals surface area contributed by atoms with Crippen molar-refractivity contribution in [2.75, 3.05) is 0 Å². The van der Waals surface area contributed by atoms with E-state index >= 15 is 0 Å². The highest BCUT2D eigenvalue weighted by atomic mass is 13.8. The molecule has 0 saturated heterocycles. The summed E-state index contributed by atoms with van der Waals surface area (Å²) in [4.78, 5) is 0. The maximum atomic E-state index is 2.25. The van der Waals surface area contributed by atoms with Crippen LogP contribution in [0.15, 0.2) is 48.6 Å². The van der Waals surface area contributed by atoms with Crippen molar-refractivity contribution in [3.8, 4) is 0 Å². The largest absolute Gasteiger partial charge is 0.0879 e. The summed E-state index contributed by atoms with van der Waals surface area (Å²) in [6.45, 7) is 0. The first kappa shape index (κ1) is 9.05. The fraction of sp³-hybridized carbons (Fsp3) is 0.333. The lowest BCUT2D eigenvalue weighted by Gasteiger charge is -1.88. The third kappa shape index (κ3) is 4.73. The molecule has 0 atom stereocenters. The van der Waals surface area contributed by atoms with Gasteiger partial charge in [-0.3, -0.25) is 0 Å². The Morgan fingerprint density at radius 2 is 1.00 bits per heavy atom. The molecule has 0 aliphatic heterocycles. The predicted octanol–water partition coefficient (Wildman–Crippen LogP) is 3.79. The van der Waals surface area contributed by atoms with Crippen LogP contribution in [0.5, 0.6) is 0 Å².